The summed E-state index contributed by atoms with van der Waals surface area (Å²) in [5, 5.41) is 3.39. The number of aryl methyl sites for hydroxylation is 1. The van der Waals surface area contributed by atoms with Crippen LogP contribution in [0.1, 0.15) is 34.3 Å². The van der Waals surface area contributed by atoms with Crippen LogP contribution in [-0.2, 0) is 22.4 Å². The molecule has 7 heteroatoms. The number of thiazole rings is 1. The van der Waals surface area contributed by atoms with Gasteiger partial charge < -0.3 is 4.74 Å². The first kappa shape index (κ1) is 17.0. The van der Waals surface area contributed by atoms with Gasteiger partial charge in [0.15, 0.2) is 5.13 Å². The smallest absolute Gasteiger partial charge is 0.309 e. The van der Waals surface area contributed by atoms with Gasteiger partial charge in [-0.15, -0.1) is 24.0 Å². The lowest BCUT2D eigenvalue weighted by molar-refractivity contribution is -0.148. The molecule has 1 aliphatic carbocycles. The maximum atomic E-state index is 12.3. The van der Waals surface area contributed by atoms with E-state index in [-0.39, 0.29) is 17.8 Å². The summed E-state index contributed by atoms with van der Waals surface area (Å²) < 4.78 is 5.11. The summed E-state index contributed by atoms with van der Waals surface area (Å²) in [6.45, 7) is 2.21. The average Bonchev–Trinajstić information content (AvgIpc) is 2.96. The number of thiol groups is 1. The van der Waals surface area contributed by atoms with Gasteiger partial charge in [-0.2, -0.15) is 0 Å². The SMILES string of the molecule is CCOC(=O)C1CCc2nc(NC(=O)c3ccccc3S)sc2C1. The van der Waals surface area contributed by atoms with Crippen LogP contribution in [0.2, 0.25) is 0 Å². The van der Waals surface area contributed by atoms with Gasteiger partial charge >= 0.3 is 5.97 Å². The summed E-state index contributed by atoms with van der Waals surface area (Å²) in [6, 6.07) is 7.12. The zero-order chi connectivity index (χ0) is 17.1. The number of aromatic nitrogens is 1. The average molecular weight is 362 g/mol. The molecule has 1 amide bonds. The molecule has 1 atom stereocenters. The summed E-state index contributed by atoms with van der Waals surface area (Å²) >= 11 is 5.73. The number of ether oxygens (including phenoxy) is 1. The van der Waals surface area contributed by atoms with Gasteiger partial charge in [0, 0.05) is 9.77 Å². The largest absolute Gasteiger partial charge is 0.466 e. The van der Waals surface area contributed by atoms with Gasteiger partial charge in [0.25, 0.3) is 5.91 Å². The number of esters is 1. The van der Waals surface area contributed by atoms with Crippen molar-refractivity contribution in [1.82, 2.24) is 4.98 Å². The molecule has 1 aromatic carbocycles. The van der Waals surface area contributed by atoms with Gasteiger partial charge in [-0.25, -0.2) is 4.98 Å². The highest BCUT2D eigenvalue weighted by atomic mass is 32.1. The number of fused-ring (bicyclic) bond motifs is 1. The number of carbonyl (C=O) groups is 2. The first-order valence-corrected chi connectivity index (χ1v) is 9.09. The molecule has 0 saturated heterocycles. The molecule has 5 nitrogen and oxygen atoms in total. The van der Waals surface area contributed by atoms with E-state index in [1.807, 2.05) is 13.0 Å². The van der Waals surface area contributed by atoms with Gasteiger partial charge in [0.2, 0.25) is 0 Å². The fourth-order valence-electron chi connectivity index (χ4n) is 2.72. The van der Waals surface area contributed by atoms with Crippen molar-refractivity contribution < 1.29 is 14.3 Å². The second kappa shape index (κ2) is 7.36. The van der Waals surface area contributed by atoms with E-state index in [0.29, 0.717) is 28.6 Å². The number of nitrogens with zero attached hydrogens (tertiary/aromatic N) is 1. The van der Waals surface area contributed by atoms with E-state index in [1.54, 1.807) is 18.2 Å². The molecule has 126 valence electrons. The van der Waals surface area contributed by atoms with Crippen LogP contribution in [0.3, 0.4) is 0 Å². The number of rotatable bonds is 4. The second-order valence-corrected chi connectivity index (χ2v) is 7.12. The van der Waals surface area contributed by atoms with E-state index in [1.165, 1.54) is 11.3 Å². The molecule has 0 fully saturated rings. The molecular weight excluding hydrogens is 344 g/mol. The Balaban J connectivity index is 1.71. The Morgan fingerprint density at radius 2 is 2.21 bits per heavy atom. The van der Waals surface area contributed by atoms with Crippen LogP contribution in [0.25, 0.3) is 0 Å². The van der Waals surface area contributed by atoms with Crippen molar-refractivity contribution in [3.8, 4) is 0 Å². The fraction of sp³-hybridized carbons (Fsp3) is 0.353. The monoisotopic (exact) mass is 362 g/mol. The van der Waals surface area contributed by atoms with Gasteiger partial charge in [0.1, 0.15) is 0 Å². The summed E-state index contributed by atoms with van der Waals surface area (Å²) in [7, 11) is 0. The third-order valence-electron chi connectivity index (χ3n) is 3.93. The van der Waals surface area contributed by atoms with Crippen LogP contribution >= 0.6 is 24.0 Å². The first-order chi connectivity index (χ1) is 11.6. The zero-order valence-corrected chi connectivity index (χ0v) is 15.0. The Morgan fingerprint density at radius 3 is 2.96 bits per heavy atom. The Bertz CT molecular complexity index is 773. The highest BCUT2D eigenvalue weighted by molar-refractivity contribution is 7.80. The maximum absolute atomic E-state index is 12.3. The molecule has 0 saturated carbocycles. The molecule has 1 aliphatic rings. The first-order valence-electron chi connectivity index (χ1n) is 7.83. The van der Waals surface area contributed by atoms with Crippen LogP contribution in [0, 0.1) is 5.92 Å². The Kier molecular flexibility index (Phi) is 5.20. The number of carbonyl (C=O) groups excluding carboxylic acids is 2. The van der Waals surface area contributed by atoms with E-state index < -0.39 is 0 Å². The van der Waals surface area contributed by atoms with E-state index >= 15 is 0 Å². The zero-order valence-electron chi connectivity index (χ0n) is 13.2. The Labute approximate surface area is 149 Å². The van der Waals surface area contributed by atoms with Crippen LogP contribution < -0.4 is 5.32 Å². The lowest BCUT2D eigenvalue weighted by Crippen LogP contribution is -2.24. The van der Waals surface area contributed by atoms with Crippen LogP contribution in [0.15, 0.2) is 29.2 Å². The molecule has 0 bridgehead atoms. The van der Waals surface area contributed by atoms with Crippen molar-refractivity contribution in [2.24, 2.45) is 5.92 Å². The molecule has 0 radical (unpaired) electrons. The van der Waals surface area contributed by atoms with Gasteiger partial charge in [-0.1, -0.05) is 12.1 Å². The normalized spacial score (nSPS) is 16.3. The summed E-state index contributed by atoms with van der Waals surface area (Å²) in [4.78, 5) is 30.4. The van der Waals surface area contributed by atoms with Crippen molar-refractivity contribution in [3.05, 3.63) is 40.4 Å². The molecule has 1 aromatic heterocycles. The molecule has 1 unspecified atom stereocenters. The van der Waals surface area contributed by atoms with E-state index in [2.05, 4.69) is 22.9 Å². The number of anilines is 1. The number of amides is 1. The highest BCUT2D eigenvalue weighted by Gasteiger charge is 2.28. The molecule has 3 rings (SSSR count). The van der Waals surface area contributed by atoms with Crippen LogP contribution in [-0.4, -0.2) is 23.5 Å². The van der Waals surface area contributed by atoms with Crippen molar-refractivity contribution in [2.75, 3.05) is 11.9 Å². The standard InChI is InChI=1S/C17H18N2O3S2/c1-2-22-16(21)10-7-8-12-14(9-10)24-17(18-12)19-15(20)11-5-3-4-6-13(11)23/h3-6,10,23H,2,7-9H2,1H3,(H,18,19,20). The van der Waals surface area contributed by atoms with Crippen molar-refractivity contribution in [3.63, 3.8) is 0 Å². The predicted molar refractivity (Wildman–Crippen MR) is 95.9 cm³/mol. The minimum absolute atomic E-state index is 0.111. The summed E-state index contributed by atoms with van der Waals surface area (Å²) in [6.07, 6.45) is 2.10. The molecule has 24 heavy (non-hydrogen) atoms. The fourth-order valence-corrected chi connectivity index (χ4v) is 4.06. The molecule has 2 aromatic rings. The minimum atomic E-state index is -0.228. The lowest BCUT2D eigenvalue weighted by Gasteiger charge is -2.18. The summed E-state index contributed by atoms with van der Waals surface area (Å²) in [5.41, 5.74) is 1.48. The maximum Gasteiger partial charge on any atom is 0.309 e. The second-order valence-electron chi connectivity index (χ2n) is 5.55. The topological polar surface area (TPSA) is 68.3 Å². The van der Waals surface area contributed by atoms with Gasteiger partial charge in [0.05, 0.1) is 23.8 Å². The minimum Gasteiger partial charge on any atom is -0.466 e. The number of benzene rings is 1. The Morgan fingerprint density at radius 1 is 1.42 bits per heavy atom. The van der Waals surface area contributed by atoms with Gasteiger partial charge in [-0.3, -0.25) is 14.9 Å². The van der Waals surface area contributed by atoms with E-state index in [9.17, 15) is 9.59 Å². The predicted octanol–water partition coefficient (Wildman–Crippen LogP) is 3.35. The number of nitrogens with one attached hydrogen (secondary N) is 1. The molecule has 0 spiro atoms. The quantitative estimate of drug-likeness (QED) is 0.646. The van der Waals surface area contributed by atoms with Crippen LogP contribution in [0.4, 0.5) is 5.13 Å². The molecular formula is C17H18N2O3S2. The van der Waals surface area contributed by atoms with E-state index in [0.717, 1.165) is 23.4 Å². The Hall–Kier alpha value is -1.86. The molecule has 1 N–H and O–H groups in total. The molecule has 1 heterocycles. The number of hydrogen-bond acceptors (Lipinski definition) is 6. The van der Waals surface area contributed by atoms with E-state index in [4.69, 9.17) is 4.74 Å². The number of hydrogen-bond donors (Lipinski definition) is 2. The summed E-state index contributed by atoms with van der Waals surface area (Å²) in [5.74, 6) is -0.487. The van der Waals surface area contributed by atoms with Crippen LogP contribution in [0.5, 0.6) is 0 Å². The third kappa shape index (κ3) is 3.62. The van der Waals surface area contributed by atoms with Crippen molar-refractivity contribution in [1.29, 1.82) is 0 Å². The van der Waals surface area contributed by atoms with Crippen molar-refractivity contribution >= 4 is 41.0 Å². The third-order valence-corrected chi connectivity index (χ3v) is 5.35. The van der Waals surface area contributed by atoms with Gasteiger partial charge in [-0.05, 0) is 38.3 Å². The lowest BCUT2D eigenvalue weighted by atomic mass is 9.91. The highest BCUT2D eigenvalue weighted by Crippen LogP contribution is 2.33. The van der Waals surface area contributed by atoms with Crippen molar-refractivity contribution in [2.45, 2.75) is 31.1 Å². The molecule has 0 aliphatic heterocycles.